The zero-order valence-electron chi connectivity index (χ0n) is 11.7. The Labute approximate surface area is 112 Å². The average molecular weight is 265 g/mol. The van der Waals surface area contributed by atoms with Crippen LogP contribution in [0.1, 0.15) is 43.7 Å². The molecule has 104 valence electrons. The van der Waals surface area contributed by atoms with Crippen molar-refractivity contribution >= 4 is 17.4 Å². The van der Waals surface area contributed by atoms with Crippen LogP contribution in [0.5, 0.6) is 0 Å². The molecule has 1 N–H and O–H groups in total. The Morgan fingerprint density at radius 1 is 1.42 bits per heavy atom. The molecule has 0 spiro atoms. The van der Waals surface area contributed by atoms with Crippen LogP contribution in [0, 0.1) is 0 Å². The highest BCUT2D eigenvalue weighted by Crippen LogP contribution is 2.21. The summed E-state index contributed by atoms with van der Waals surface area (Å²) in [6, 6.07) is 1.61. The van der Waals surface area contributed by atoms with Crippen LogP contribution in [-0.2, 0) is 4.74 Å². The van der Waals surface area contributed by atoms with Gasteiger partial charge in [-0.3, -0.25) is 4.79 Å². The molecule has 0 aliphatic carbocycles. The summed E-state index contributed by atoms with van der Waals surface area (Å²) >= 11 is 0. The quantitative estimate of drug-likeness (QED) is 0.852. The molecule has 0 bridgehead atoms. The monoisotopic (exact) mass is 265 g/mol. The van der Waals surface area contributed by atoms with Crippen LogP contribution in [0.3, 0.4) is 0 Å². The second kappa shape index (κ2) is 5.40. The molecule has 1 aromatic heterocycles. The van der Waals surface area contributed by atoms with Crippen molar-refractivity contribution in [1.29, 1.82) is 0 Å². The first kappa shape index (κ1) is 15.2. The molecule has 0 unspecified atom stereocenters. The van der Waals surface area contributed by atoms with E-state index in [1.807, 2.05) is 0 Å². The Hall–Kier alpha value is -1.88. The van der Waals surface area contributed by atoms with Crippen molar-refractivity contribution < 1.29 is 19.4 Å². The van der Waals surface area contributed by atoms with Crippen molar-refractivity contribution in [1.82, 2.24) is 4.57 Å². The minimum Gasteiger partial charge on any atom is -0.443 e. The summed E-state index contributed by atoms with van der Waals surface area (Å²) in [6.07, 6.45) is 0.790. The van der Waals surface area contributed by atoms with Crippen LogP contribution in [0.4, 0.5) is 4.79 Å². The van der Waals surface area contributed by atoms with Gasteiger partial charge in [-0.1, -0.05) is 6.58 Å². The summed E-state index contributed by atoms with van der Waals surface area (Å²) in [6.45, 7) is 10.0. The van der Waals surface area contributed by atoms with E-state index in [0.717, 1.165) is 4.57 Å². The van der Waals surface area contributed by atoms with Crippen LogP contribution in [0.15, 0.2) is 18.8 Å². The van der Waals surface area contributed by atoms with E-state index < -0.39 is 24.1 Å². The largest absolute Gasteiger partial charge is 0.443 e. The Morgan fingerprint density at radius 2 is 2.00 bits per heavy atom. The molecule has 19 heavy (non-hydrogen) atoms. The smallest absolute Gasteiger partial charge is 0.419 e. The fourth-order valence-corrected chi connectivity index (χ4v) is 1.60. The van der Waals surface area contributed by atoms with Crippen molar-refractivity contribution in [3.63, 3.8) is 0 Å². The molecule has 0 aliphatic rings. The number of rotatable bonds is 3. The standard InChI is InChI=1S/C14H19NO4/c1-9(2)10-6-7-15(12(10)11(17)8-16)13(18)19-14(3,4)5/h6-7,16H,1,8H2,2-5H3. The number of hydrogen-bond acceptors (Lipinski definition) is 4. The number of hydrogen-bond donors (Lipinski definition) is 1. The Bertz CT molecular complexity index is 520. The number of ketones is 1. The van der Waals surface area contributed by atoms with Gasteiger partial charge in [0.15, 0.2) is 0 Å². The molecular weight excluding hydrogens is 246 g/mol. The summed E-state index contributed by atoms with van der Waals surface area (Å²) in [5, 5.41) is 9.01. The Morgan fingerprint density at radius 3 is 2.42 bits per heavy atom. The fourth-order valence-electron chi connectivity index (χ4n) is 1.60. The summed E-state index contributed by atoms with van der Waals surface area (Å²) < 4.78 is 6.32. The van der Waals surface area contributed by atoms with Crippen LogP contribution >= 0.6 is 0 Å². The van der Waals surface area contributed by atoms with Gasteiger partial charge in [-0.25, -0.2) is 9.36 Å². The third-order valence-electron chi connectivity index (χ3n) is 2.34. The maximum atomic E-state index is 12.0. The number of allylic oxidation sites excluding steroid dienone is 1. The van der Waals surface area contributed by atoms with Crippen molar-refractivity contribution in [2.45, 2.75) is 33.3 Å². The van der Waals surface area contributed by atoms with Crippen molar-refractivity contribution in [2.24, 2.45) is 0 Å². The highest BCUT2D eigenvalue weighted by Gasteiger charge is 2.24. The maximum absolute atomic E-state index is 12.0. The summed E-state index contributed by atoms with van der Waals surface area (Å²) in [5.74, 6) is -0.547. The molecule has 0 fully saturated rings. The van der Waals surface area contributed by atoms with E-state index in [1.165, 1.54) is 6.20 Å². The highest BCUT2D eigenvalue weighted by molar-refractivity contribution is 6.02. The zero-order chi connectivity index (χ0) is 14.8. The minimum absolute atomic E-state index is 0.101. The number of ether oxygens (including phenoxy) is 1. The molecule has 1 heterocycles. The van der Waals surface area contributed by atoms with E-state index in [4.69, 9.17) is 9.84 Å². The van der Waals surface area contributed by atoms with E-state index in [-0.39, 0.29) is 5.69 Å². The summed E-state index contributed by atoms with van der Waals surface area (Å²) in [7, 11) is 0. The summed E-state index contributed by atoms with van der Waals surface area (Å²) in [5.41, 5.74) is 0.609. The minimum atomic E-state index is -0.674. The molecule has 0 amide bonds. The Kier molecular flexibility index (Phi) is 4.32. The van der Waals surface area contributed by atoms with Crippen LogP contribution in [0.2, 0.25) is 0 Å². The van der Waals surface area contributed by atoms with Gasteiger partial charge in [-0.05, 0) is 39.3 Å². The predicted molar refractivity (Wildman–Crippen MR) is 72.2 cm³/mol. The van der Waals surface area contributed by atoms with E-state index >= 15 is 0 Å². The number of carbonyl (C=O) groups excluding carboxylic acids is 2. The highest BCUT2D eigenvalue weighted by atomic mass is 16.6. The van der Waals surface area contributed by atoms with Gasteiger partial charge in [0.05, 0.1) is 0 Å². The first-order chi connectivity index (χ1) is 8.67. The normalized spacial score (nSPS) is 11.2. The number of aliphatic hydroxyl groups is 1. The van der Waals surface area contributed by atoms with Gasteiger partial charge in [0.25, 0.3) is 0 Å². The maximum Gasteiger partial charge on any atom is 0.419 e. The molecule has 0 aromatic carbocycles. The van der Waals surface area contributed by atoms with E-state index in [9.17, 15) is 9.59 Å². The van der Waals surface area contributed by atoms with Crippen LogP contribution in [-0.4, -0.2) is 33.8 Å². The zero-order valence-corrected chi connectivity index (χ0v) is 11.7. The van der Waals surface area contributed by atoms with Gasteiger partial charge in [0.1, 0.15) is 17.9 Å². The van der Waals surface area contributed by atoms with Gasteiger partial charge in [-0.2, -0.15) is 0 Å². The molecule has 1 aromatic rings. The number of carbonyl (C=O) groups is 2. The third-order valence-corrected chi connectivity index (χ3v) is 2.34. The van der Waals surface area contributed by atoms with Crippen LogP contribution < -0.4 is 0 Å². The third kappa shape index (κ3) is 3.54. The number of Topliss-reactive ketones (excluding diaryl/α,β-unsaturated/α-hetero) is 1. The molecule has 1 rings (SSSR count). The first-order valence-electron chi connectivity index (χ1n) is 5.92. The number of nitrogens with zero attached hydrogens (tertiary/aromatic N) is 1. The molecule has 5 nitrogen and oxygen atoms in total. The Balaban J connectivity index is 3.25. The molecular formula is C14H19NO4. The molecule has 0 aliphatic heterocycles. The second-order valence-electron chi connectivity index (χ2n) is 5.29. The molecule has 5 heteroatoms. The lowest BCUT2D eigenvalue weighted by Gasteiger charge is -2.20. The van der Waals surface area contributed by atoms with Gasteiger partial charge < -0.3 is 9.84 Å². The van der Waals surface area contributed by atoms with E-state index in [2.05, 4.69) is 6.58 Å². The molecule has 0 saturated carbocycles. The first-order valence-corrected chi connectivity index (χ1v) is 5.92. The van der Waals surface area contributed by atoms with Crippen molar-refractivity contribution in [3.8, 4) is 0 Å². The number of aromatic nitrogens is 1. The van der Waals surface area contributed by atoms with Gasteiger partial charge >= 0.3 is 6.09 Å². The lowest BCUT2D eigenvalue weighted by Crippen LogP contribution is -2.29. The predicted octanol–water partition coefficient (Wildman–Crippen LogP) is 2.48. The van der Waals surface area contributed by atoms with E-state index in [0.29, 0.717) is 11.1 Å². The van der Waals surface area contributed by atoms with Gasteiger partial charge in [-0.15, -0.1) is 0 Å². The topological polar surface area (TPSA) is 68.5 Å². The SMILES string of the molecule is C=C(C)c1ccn(C(=O)OC(C)(C)C)c1C(=O)CO. The summed E-state index contributed by atoms with van der Waals surface area (Å²) in [4.78, 5) is 23.8. The lowest BCUT2D eigenvalue weighted by molar-refractivity contribution is 0.0525. The second-order valence-corrected chi connectivity index (χ2v) is 5.29. The van der Waals surface area contributed by atoms with E-state index in [1.54, 1.807) is 33.8 Å². The number of aliphatic hydroxyl groups excluding tert-OH is 1. The lowest BCUT2D eigenvalue weighted by atomic mass is 10.1. The molecule has 0 radical (unpaired) electrons. The molecule has 0 saturated heterocycles. The molecule has 0 atom stereocenters. The van der Waals surface area contributed by atoms with Crippen molar-refractivity contribution in [3.05, 3.63) is 30.1 Å². The van der Waals surface area contributed by atoms with Gasteiger partial charge in [0, 0.05) is 11.8 Å². The average Bonchev–Trinajstić information content (AvgIpc) is 2.70. The fraction of sp³-hybridized carbons (Fsp3) is 0.429. The van der Waals surface area contributed by atoms with Gasteiger partial charge in [0.2, 0.25) is 5.78 Å². The van der Waals surface area contributed by atoms with Crippen molar-refractivity contribution in [2.75, 3.05) is 6.61 Å². The van der Waals surface area contributed by atoms with Crippen LogP contribution in [0.25, 0.3) is 5.57 Å².